The normalized spacial score (nSPS) is 12.9. The highest BCUT2D eigenvalue weighted by Crippen LogP contribution is 2.23. The third-order valence-corrected chi connectivity index (χ3v) is 8.31. The number of benzene rings is 1. The van der Waals surface area contributed by atoms with Gasteiger partial charge in [0, 0.05) is 13.1 Å². The maximum Gasteiger partial charge on any atom is 0.397 e. The van der Waals surface area contributed by atoms with Crippen LogP contribution in [-0.2, 0) is 33.7 Å². The zero-order chi connectivity index (χ0) is 22.1. The molecule has 0 saturated heterocycles. The van der Waals surface area contributed by atoms with E-state index in [4.69, 9.17) is 4.55 Å². The van der Waals surface area contributed by atoms with Crippen LogP contribution >= 0.6 is 0 Å². The summed E-state index contributed by atoms with van der Waals surface area (Å²) in [5.41, 5.74) is 4.22. The lowest BCUT2D eigenvalue weighted by molar-refractivity contribution is 0.261. The molecule has 1 aromatic rings. The van der Waals surface area contributed by atoms with Crippen molar-refractivity contribution < 1.29 is 17.2 Å². The van der Waals surface area contributed by atoms with Gasteiger partial charge in [-0.1, -0.05) is 62.2 Å². The molecule has 1 rings (SSSR count). The van der Waals surface area contributed by atoms with Gasteiger partial charge in [0.1, 0.15) is 0 Å². The molecule has 0 aliphatic rings. The van der Waals surface area contributed by atoms with Crippen LogP contribution in [-0.4, -0.2) is 65.6 Å². The average Bonchev–Trinajstić information content (AvgIpc) is 2.50. The molecule has 0 spiro atoms. The van der Waals surface area contributed by atoms with Crippen LogP contribution in [0.25, 0.3) is 0 Å². The predicted molar refractivity (Wildman–Crippen MR) is 123 cm³/mol. The molecule has 8 heteroatoms. The minimum absolute atomic E-state index is 0.0625. The molecule has 0 aliphatic carbocycles. The van der Waals surface area contributed by atoms with Crippen LogP contribution in [0.2, 0.25) is 19.1 Å². The molecule has 0 aliphatic heterocycles. The topological polar surface area (TPSA) is 70.1 Å². The molecule has 1 aromatic carbocycles. The summed E-state index contributed by atoms with van der Waals surface area (Å²) < 4.78 is 34.0. The van der Waals surface area contributed by atoms with E-state index in [1.165, 1.54) is 28.8 Å². The summed E-state index contributed by atoms with van der Waals surface area (Å²) >= 11 is 0. The van der Waals surface area contributed by atoms with Crippen LogP contribution in [0.4, 0.5) is 0 Å². The maximum absolute atomic E-state index is 10.5. The Morgan fingerprint density at radius 1 is 0.862 bits per heavy atom. The van der Waals surface area contributed by atoms with Gasteiger partial charge in [0.25, 0.3) is 0 Å². The van der Waals surface area contributed by atoms with Crippen LogP contribution in [0.5, 0.6) is 0 Å². The molecular formula is C21H40N2O4SSi. The minimum atomic E-state index is -4.30. The molecule has 0 atom stereocenters. The Balaban J connectivity index is 2.57. The van der Waals surface area contributed by atoms with Crippen LogP contribution < -0.4 is 0 Å². The molecule has 0 radical (unpaired) electrons. The summed E-state index contributed by atoms with van der Waals surface area (Å²) in [5.74, 6) is 0. The Kier molecular flexibility index (Phi) is 11.0. The minimum Gasteiger partial charge on any atom is -0.305 e. The van der Waals surface area contributed by atoms with Crippen molar-refractivity contribution in [1.29, 1.82) is 0 Å². The van der Waals surface area contributed by atoms with Crippen molar-refractivity contribution in [3.05, 3.63) is 34.9 Å². The zero-order valence-corrected chi connectivity index (χ0v) is 20.9. The average molecular weight is 445 g/mol. The molecule has 0 fully saturated rings. The highest BCUT2D eigenvalue weighted by Gasteiger charge is 2.21. The summed E-state index contributed by atoms with van der Waals surface area (Å²) in [5, 5.41) is 0. The predicted octanol–water partition coefficient (Wildman–Crippen LogP) is 3.98. The second-order valence-corrected chi connectivity index (χ2v) is 15.7. The summed E-state index contributed by atoms with van der Waals surface area (Å²) in [4.78, 5) is 4.43. The van der Waals surface area contributed by atoms with Gasteiger partial charge in [0.2, 0.25) is 0 Å². The van der Waals surface area contributed by atoms with Crippen molar-refractivity contribution in [2.24, 2.45) is 0 Å². The van der Waals surface area contributed by atoms with E-state index in [9.17, 15) is 8.42 Å². The fourth-order valence-corrected chi connectivity index (χ4v) is 6.74. The van der Waals surface area contributed by atoms with Crippen molar-refractivity contribution in [3.8, 4) is 0 Å². The molecule has 0 aromatic heterocycles. The van der Waals surface area contributed by atoms with E-state index < -0.39 is 18.5 Å². The number of rotatable bonds is 14. The Hall–Kier alpha value is -0.773. The molecule has 0 saturated carbocycles. The van der Waals surface area contributed by atoms with Gasteiger partial charge >= 0.3 is 10.4 Å². The summed E-state index contributed by atoms with van der Waals surface area (Å²) in [6.45, 7) is 6.90. The fourth-order valence-electron chi connectivity index (χ4n) is 3.72. The lowest BCUT2D eigenvalue weighted by Gasteiger charge is -2.24. The lowest BCUT2D eigenvalue weighted by Crippen LogP contribution is -2.29. The monoisotopic (exact) mass is 444 g/mol. The number of nitrogens with zero attached hydrogens (tertiary/aromatic N) is 2. The number of unbranched alkanes of at least 4 members (excludes halogenated alkanes) is 3. The van der Waals surface area contributed by atoms with Crippen molar-refractivity contribution >= 4 is 18.5 Å². The standard InChI is InChI=1S/C21H40N2O4SSi/c1-22(2)16-19-13-20(17-23(3)4)15-21(14-19)18-29(5,6)12-10-8-7-9-11-27-28(24,25)26/h13-15H,7-12,16-18H2,1-6H3,(H,24,25,26). The van der Waals surface area contributed by atoms with Crippen molar-refractivity contribution in [1.82, 2.24) is 9.80 Å². The molecule has 0 heterocycles. The molecule has 0 amide bonds. The first-order chi connectivity index (χ1) is 13.4. The third-order valence-electron chi connectivity index (χ3n) is 4.77. The van der Waals surface area contributed by atoms with Gasteiger partial charge in [-0.2, -0.15) is 8.42 Å². The van der Waals surface area contributed by atoms with Crippen molar-refractivity contribution in [3.63, 3.8) is 0 Å². The highest BCUT2D eigenvalue weighted by molar-refractivity contribution is 7.80. The molecule has 29 heavy (non-hydrogen) atoms. The third kappa shape index (κ3) is 13.2. The number of hydrogen-bond donors (Lipinski definition) is 1. The quantitative estimate of drug-likeness (QED) is 0.266. The Labute approximate surface area is 179 Å². The lowest BCUT2D eigenvalue weighted by atomic mass is 10.1. The van der Waals surface area contributed by atoms with Crippen LogP contribution in [0.15, 0.2) is 18.2 Å². The maximum atomic E-state index is 10.5. The van der Waals surface area contributed by atoms with Gasteiger partial charge in [0.05, 0.1) is 14.7 Å². The van der Waals surface area contributed by atoms with Crippen LogP contribution in [0.3, 0.4) is 0 Å². The van der Waals surface area contributed by atoms with Crippen molar-refractivity contribution in [2.45, 2.75) is 64.0 Å². The summed E-state index contributed by atoms with van der Waals surface area (Å²) in [6.07, 6.45) is 3.80. The first kappa shape index (κ1) is 26.3. The van der Waals surface area contributed by atoms with E-state index in [-0.39, 0.29) is 6.61 Å². The Morgan fingerprint density at radius 2 is 1.34 bits per heavy atom. The molecular weight excluding hydrogens is 404 g/mol. The summed E-state index contributed by atoms with van der Waals surface area (Å²) in [6, 6.07) is 9.52. The molecule has 0 bridgehead atoms. The molecule has 1 N–H and O–H groups in total. The number of hydrogen-bond acceptors (Lipinski definition) is 5. The van der Waals surface area contributed by atoms with Gasteiger partial charge in [-0.3, -0.25) is 4.55 Å². The van der Waals surface area contributed by atoms with E-state index in [2.05, 4.69) is 73.5 Å². The van der Waals surface area contributed by atoms with Crippen molar-refractivity contribution in [2.75, 3.05) is 34.8 Å². The molecule has 6 nitrogen and oxygen atoms in total. The Bertz CT molecular complexity index is 693. The first-order valence-corrected chi connectivity index (χ1v) is 15.2. The van der Waals surface area contributed by atoms with E-state index in [0.29, 0.717) is 6.42 Å². The second kappa shape index (κ2) is 12.2. The van der Waals surface area contributed by atoms with Gasteiger partial charge in [0.15, 0.2) is 0 Å². The van der Waals surface area contributed by atoms with E-state index >= 15 is 0 Å². The van der Waals surface area contributed by atoms with Gasteiger partial charge in [-0.25, -0.2) is 4.18 Å². The van der Waals surface area contributed by atoms with Crippen LogP contribution in [0, 0.1) is 0 Å². The summed E-state index contributed by atoms with van der Waals surface area (Å²) in [7, 11) is 2.78. The molecule has 168 valence electrons. The van der Waals surface area contributed by atoms with Gasteiger partial charge in [-0.05, 0) is 51.8 Å². The van der Waals surface area contributed by atoms with E-state index in [1.807, 2.05) is 0 Å². The first-order valence-electron chi connectivity index (χ1n) is 10.4. The zero-order valence-electron chi connectivity index (χ0n) is 19.1. The smallest absolute Gasteiger partial charge is 0.305 e. The van der Waals surface area contributed by atoms with Crippen LogP contribution in [0.1, 0.15) is 42.4 Å². The van der Waals surface area contributed by atoms with Gasteiger partial charge in [-0.15, -0.1) is 0 Å². The fraction of sp³-hybridized carbons (Fsp3) is 0.714. The van der Waals surface area contributed by atoms with E-state index in [1.54, 1.807) is 0 Å². The van der Waals surface area contributed by atoms with E-state index in [0.717, 1.165) is 32.4 Å². The second-order valence-electron chi connectivity index (χ2n) is 9.39. The largest absolute Gasteiger partial charge is 0.397 e. The Morgan fingerprint density at radius 3 is 1.83 bits per heavy atom. The molecule has 0 unspecified atom stereocenters. The van der Waals surface area contributed by atoms with Gasteiger partial charge < -0.3 is 9.80 Å². The SMILES string of the molecule is CN(C)Cc1cc(CN(C)C)cc(C[Si](C)(C)CCCCCCOS(=O)(=O)O)c1. The highest BCUT2D eigenvalue weighted by atomic mass is 32.3.